The van der Waals surface area contributed by atoms with E-state index in [1.807, 2.05) is 0 Å². The van der Waals surface area contributed by atoms with Gasteiger partial charge in [-0.3, -0.25) is 5.41 Å². The topological polar surface area (TPSA) is 23.9 Å². The molecule has 0 bridgehead atoms. The molecule has 0 atom stereocenters. The van der Waals surface area contributed by atoms with E-state index in [1.54, 1.807) is 18.2 Å². The highest BCUT2D eigenvalue weighted by molar-refractivity contribution is 8.32. The summed E-state index contributed by atoms with van der Waals surface area (Å²) in [6.07, 6.45) is 0. The minimum absolute atomic E-state index is 0.216. The van der Waals surface area contributed by atoms with Crippen LogP contribution in [0.3, 0.4) is 0 Å². The molecule has 1 N–H and O–H groups in total. The summed E-state index contributed by atoms with van der Waals surface area (Å²) in [5.74, 6) is 0. The van der Waals surface area contributed by atoms with Crippen LogP contribution in [0, 0.1) is 5.41 Å². The average molecular weight is 238 g/mol. The van der Waals surface area contributed by atoms with Gasteiger partial charge in [-0.1, -0.05) is 35.0 Å². The number of benzene rings is 1. The largest absolute Gasteiger partial charge is 0.288 e. The summed E-state index contributed by atoms with van der Waals surface area (Å²) in [6, 6.07) is 5.13. The average Bonchev–Trinajstić information content (AvgIpc) is 1.81. The van der Waals surface area contributed by atoms with Crippen LogP contribution in [0.15, 0.2) is 23.1 Å². The Hall–Kier alpha value is 0.170. The van der Waals surface area contributed by atoms with Crippen LogP contribution in [0.25, 0.3) is 0 Å². The highest BCUT2D eigenvalue weighted by atomic mass is 35.5. The molecule has 1 aromatic rings. The van der Waals surface area contributed by atoms with Crippen molar-refractivity contribution in [2.45, 2.75) is 4.90 Å². The van der Waals surface area contributed by atoms with Gasteiger partial charge in [0.2, 0.25) is 0 Å². The van der Waals surface area contributed by atoms with Crippen LogP contribution < -0.4 is 0 Å². The minimum atomic E-state index is 0.216. The van der Waals surface area contributed by atoms with E-state index in [1.165, 1.54) is 11.8 Å². The molecule has 0 saturated heterocycles. The minimum Gasteiger partial charge on any atom is -0.288 e. The monoisotopic (exact) mass is 237 g/mol. The molecule has 0 saturated carbocycles. The second kappa shape index (κ2) is 4.42. The second-order valence-electron chi connectivity index (χ2n) is 2.01. The molecule has 1 rings (SSSR count). The quantitative estimate of drug-likeness (QED) is 0.329. The Morgan fingerprint density at radius 1 is 1.25 bits per heavy atom. The Morgan fingerprint density at radius 2 is 1.75 bits per heavy atom. The number of halogens is 2. The van der Waals surface area contributed by atoms with Gasteiger partial charge in [0.1, 0.15) is 4.38 Å². The van der Waals surface area contributed by atoms with Crippen molar-refractivity contribution in [1.82, 2.24) is 0 Å². The smallest absolute Gasteiger partial charge is 0.123 e. The fourth-order valence-corrected chi connectivity index (χ4v) is 2.27. The normalized spacial score (nSPS) is 9.92. The van der Waals surface area contributed by atoms with Gasteiger partial charge in [0.25, 0.3) is 0 Å². The molecule has 0 radical (unpaired) electrons. The lowest BCUT2D eigenvalue weighted by atomic mass is 10.4. The SMILES string of the molecule is N=C(S)Sc1cc(Cl)cc(Cl)c1. The highest BCUT2D eigenvalue weighted by Crippen LogP contribution is 2.27. The zero-order valence-electron chi connectivity index (χ0n) is 5.84. The summed E-state index contributed by atoms with van der Waals surface area (Å²) in [6.45, 7) is 0. The van der Waals surface area contributed by atoms with E-state index in [9.17, 15) is 0 Å². The molecule has 0 fully saturated rings. The van der Waals surface area contributed by atoms with Crippen LogP contribution in [0.1, 0.15) is 0 Å². The van der Waals surface area contributed by atoms with Crippen molar-refractivity contribution in [3.8, 4) is 0 Å². The predicted octanol–water partition coefficient (Wildman–Crippen LogP) is 3.95. The molecule has 0 heterocycles. The maximum Gasteiger partial charge on any atom is 0.123 e. The summed E-state index contributed by atoms with van der Waals surface area (Å²) >= 11 is 16.5. The number of nitrogens with one attached hydrogen (secondary N) is 1. The van der Waals surface area contributed by atoms with Crippen molar-refractivity contribution in [2.24, 2.45) is 0 Å². The predicted molar refractivity (Wildman–Crippen MR) is 59.0 cm³/mol. The third-order valence-electron chi connectivity index (χ3n) is 1.05. The van der Waals surface area contributed by atoms with Crippen molar-refractivity contribution in [3.05, 3.63) is 28.2 Å². The number of thioether (sulfide) groups is 1. The molecule has 0 aliphatic carbocycles. The number of thiol groups is 1. The van der Waals surface area contributed by atoms with E-state index in [0.29, 0.717) is 10.0 Å². The maximum atomic E-state index is 7.11. The molecule has 0 aliphatic heterocycles. The van der Waals surface area contributed by atoms with Crippen LogP contribution in [0.5, 0.6) is 0 Å². The van der Waals surface area contributed by atoms with Gasteiger partial charge in [0.15, 0.2) is 0 Å². The van der Waals surface area contributed by atoms with E-state index in [4.69, 9.17) is 28.6 Å². The Balaban J connectivity index is 2.93. The fourth-order valence-electron chi connectivity index (χ4n) is 0.699. The van der Waals surface area contributed by atoms with E-state index < -0.39 is 0 Å². The summed E-state index contributed by atoms with van der Waals surface area (Å²) in [7, 11) is 0. The van der Waals surface area contributed by atoms with E-state index in [0.717, 1.165) is 4.90 Å². The van der Waals surface area contributed by atoms with Crippen molar-refractivity contribution in [3.63, 3.8) is 0 Å². The molecular formula is C7H5Cl2NS2. The molecule has 64 valence electrons. The Kier molecular flexibility index (Phi) is 3.77. The van der Waals surface area contributed by atoms with Crippen molar-refractivity contribution >= 4 is 52.0 Å². The van der Waals surface area contributed by atoms with Gasteiger partial charge in [-0.15, -0.1) is 12.6 Å². The molecule has 1 aromatic carbocycles. The first-order chi connectivity index (χ1) is 5.58. The van der Waals surface area contributed by atoms with Crippen molar-refractivity contribution in [1.29, 1.82) is 5.41 Å². The van der Waals surface area contributed by atoms with Crippen LogP contribution in [0.4, 0.5) is 0 Å². The molecule has 0 aliphatic rings. The third-order valence-corrected chi connectivity index (χ3v) is 2.43. The summed E-state index contributed by atoms with van der Waals surface area (Å²) < 4.78 is 0.216. The molecular weight excluding hydrogens is 233 g/mol. The Labute approximate surface area is 90.4 Å². The summed E-state index contributed by atoms with van der Waals surface area (Å²) in [4.78, 5) is 0.826. The van der Waals surface area contributed by atoms with Crippen molar-refractivity contribution in [2.75, 3.05) is 0 Å². The second-order valence-corrected chi connectivity index (χ2v) is 4.72. The van der Waals surface area contributed by atoms with E-state index in [-0.39, 0.29) is 4.38 Å². The molecule has 5 heteroatoms. The van der Waals surface area contributed by atoms with Gasteiger partial charge >= 0.3 is 0 Å². The summed E-state index contributed by atoms with van der Waals surface area (Å²) in [5.41, 5.74) is 0. The van der Waals surface area contributed by atoms with Gasteiger partial charge < -0.3 is 0 Å². The molecule has 12 heavy (non-hydrogen) atoms. The molecule has 0 spiro atoms. The first-order valence-electron chi connectivity index (χ1n) is 2.99. The van der Waals surface area contributed by atoms with Crippen LogP contribution >= 0.6 is 47.6 Å². The molecule has 0 aromatic heterocycles. The maximum absolute atomic E-state index is 7.11. The standard InChI is InChI=1S/C7H5Cl2NS2/c8-4-1-5(9)3-6(2-4)12-7(10)11/h1-3H,(H2,10,11). The van der Waals surface area contributed by atoms with Gasteiger partial charge in [-0.05, 0) is 18.2 Å². The fraction of sp³-hybridized carbons (Fsp3) is 0. The lowest BCUT2D eigenvalue weighted by Crippen LogP contribution is -1.77. The first kappa shape index (κ1) is 10.3. The van der Waals surface area contributed by atoms with Crippen molar-refractivity contribution < 1.29 is 0 Å². The first-order valence-corrected chi connectivity index (χ1v) is 5.01. The lowest BCUT2D eigenvalue weighted by Gasteiger charge is -1.99. The zero-order chi connectivity index (χ0) is 9.14. The van der Waals surface area contributed by atoms with E-state index in [2.05, 4.69) is 12.6 Å². The van der Waals surface area contributed by atoms with Crippen LogP contribution in [0.2, 0.25) is 10.0 Å². The molecule has 1 nitrogen and oxygen atoms in total. The van der Waals surface area contributed by atoms with Gasteiger partial charge in [-0.25, -0.2) is 0 Å². The molecule has 0 amide bonds. The number of hydrogen-bond acceptors (Lipinski definition) is 2. The lowest BCUT2D eigenvalue weighted by molar-refractivity contribution is 1.47. The van der Waals surface area contributed by atoms with Gasteiger partial charge in [-0.2, -0.15) is 0 Å². The molecule has 0 unspecified atom stereocenters. The third kappa shape index (κ3) is 3.27. The number of hydrogen-bond donors (Lipinski definition) is 2. The summed E-state index contributed by atoms with van der Waals surface area (Å²) in [5, 5.41) is 8.25. The van der Waals surface area contributed by atoms with Crippen LogP contribution in [-0.4, -0.2) is 4.38 Å². The zero-order valence-corrected chi connectivity index (χ0v) is 9.07. The van der Waals surface area contributed by atoms with Crippen LogP contribution in [-0.2, 0) is 0 Å². The van der Waals surface area contributed by atoms with E-state index >= 15 is 0 Å². The number of rotatable bonds is 1. The van der Waals surface area contributed by atoms with Gasteiger partial charge in [0.05, 0.1) is 0 Å². The van der Waals surface area contributed by atoms with Gasteiger partial charge in [0, 0.05) is 14.9 Å². The Morgan fingerprint density at radius 3 is 2.17 bits per heavy atom. The Bertz CT molecular complexity index is 294. The highest BCUT2D eigenvalue weighted by Gasteiger charge is 1.99.